The summed E-state index contributed by atoms with van der Waals surface area (Å²) in [4.78, 5) is 2.67. The summed E-state index contributed by atoms with van der Waals surface area (Å²) >= 11 is 0. The van der Waals surface area contributed by atoms with Crippen molar-refractivity contribution in [3.8, 4) is 5.75 Å². The van der Waals surface area contributed by atoms with Crippen LogP contribution in [-0.2, 0) is 0 Å². The van der Waals surface area contributed by atoms with E-state index in [0.717, 1.165) is 11.8 Å². The normalized spacial score (nSPS) is 25.9. The zero-order valence-corrected chi connectivity index (χ0v) is 13.6. The van der Waals surface area contributed by atoms with Gasteiger partial charge >= 0.3 is 0 Å². The zero-order chi connectivity index (χ0) is 14.8. The van der Waals surface area contributed by atoms with Crippen molar-refractivity contribution in [2.75, 3.05) is 18.4 Å². The lowest BCUT2D eigenvalue weighted by atomic mass is 9.98. The Balaban J connectivity index is 1.67. The molecule has 2 heterocycles. The Labute approximate surface area is 128 Å². The van der Waals surface area contributed by atoms with Gasteiger partial charge in [-0.2, -0.15) is 0 Å². The molecule has 0 spiro atoms. The van der Waals surface area contributed by atoms with Crippen LogP contribution in [-0.4, -0.2) is 36.2 Å². The Kier molecular flexibility index (Phi) is 4.39. The molecule has 0 bridgehead atoms. The van der Waals surface area contributed by atoms with Crippen molar-refractivity contribution in [1.82, 2.24) is 4.90 Å². The second kappa shape index (κ2) is 6.27. The SMILES string of the molecule is Cc1cc(OC(C)C)ccc1NC1CCN2CCCCC12. The fraction of sp³-hybridized carbons (Fsp3) is 0.667. The van der Waals surface area contributed by atoms with Crippen LogP contribution in [0.1, 0.15) is 45.1 Å². The first-order valence-corrected chi connectivity index (χ1v) is 8.41. The summed E-state index contributed by atoms with van der Waals surface area (Å²) in [6.07, 6.45) is 5.62. The van der Waals surface area contributed by atoms with Gasteiger partial charge in [0.05, 0.1) is 6.10 Å². The molecule has 2 unspecified atom stereocenters. The van der Waals surface area contributed by atoms with Crippen LogP contribution in [0.5, 0.6) is 5.75 Å². The van der Waals surface area contributed by atoms with Crippen molar-refractivity contribution < 1.29 is 4.74 Å². The van der Waals surface area contributed by atoms with Gasteiger partial charge in [0.25, 0.3) is 0 Å². The number of anilines is 1. The minimum atomic E-state index is 0.230. The number of fused-ring (bicyclic) bond motifs is 1. The van der Waals surface area contributed by atoms with Gasteiger partial charge in [-0.3, -0.25) is 4.90 Å². The summed E-state index contributed by atoms with van der Waals surface area (Å²) < 4.78 is 5.77. The quantitative estimate of drug-likeness (QED) is 0.911. The van der Waals surface area contributed by atoms with E-state index in [2.05, 4.69) is 49.2 Å². The number of nitrogens with one attached hydrogen (secondary N) is 1. The van der Waals surface area contributed by atoms with E-state index >= 15 is 0 Å². The van der Waals surface area contributed by atoms with Crippen LogP contribution in [0.15, 0.2) is 18.2 Å². The van der Waals surface area contributed by atoms with Gasteiger partial charge in [0.2, 0.25) is 0 Å². The number of rotatable bonds is 4. The van der Waals surface area contributed by atoms with Crippen LogP contribution in [0.2, 0.25) is 0 Å². The lowest BCUT2D eigenvalue weighted by Crippen LogP contribution is -2.41. The van der Waals surface area contributed by atoms with Gasteiger partial charge < -0.3 is 10.1 Å². The Hall–Kier alpha value is -1.22. The fourth-order valence-electron chi connectivity index (χ4n) is 3.76. The summed E-state index contributed by atoms with van der Waals surface area (Å²) in [5.41, 5.74) is 2.55. The van der Waals surface area contributed by atoms with Gasteiger partial charge in [0.15, 0.2) is 0 Å². The molecule has 0 saturated carbocycles. The molecule has 2 atom stereocenters. The predicted molar refractivity (Wildman–Crippen MR) is 88.2 cm³/mol. The van der Waals surface area contributed by atoms with Crippen LogP contribution < -0.4 is 10.1 Å². The van der Waals surface area contributed by atoms with E-state index in [1.807, 2.05) is 0 Å². The summed E-state index contributed by atoms with van der Waals surface area (Å²) in [6, 6.07) is 7.77. The molecule has 0 amide bonds. The molecule has 0 aromatic heterocycles. The molecule has 1 N–H and O–H groups in total. The third kappa shape index (κ3) is 3.34. The lowest BCUT2D eigenvalue weighted by Gasteiger charge is -2.33. The number of nitrogens with zero attached hydrogens (tertiary/aromatic N) is 1. The highest BCUT2D eigenvalue weighted by atomic mass is 16.5. The first-order chi connectivity index (χ1) is 10.1. The highest BCUT2D eigenvalue weighted by molar-refractivity contribution is 5.54. The topological polar surface area (TPSA) is 24.5 Å². The molecule has 2 fully saturated rings. The number of aryl methyl sites for hydroxylation is 1. The standard InChI is InChI=1S/C18H28N2O/c1-13(2)21-15-7-8-16(14(3)12-15)19-17-9-11-20-10-5-4-6-18(17)20/h7-8,12-13,17-19H,4-6,9-11H2,1-3H3. The van der Waals surface area contributed by atoms with Crippen molar-refractivity contribution in [1.29, 1.82) is 0 Å². The lowest BCUT2D eigenvalue weighted by molar-refractivity contribution is 0.192. The van der Waals surface area contributed by atoms with Crippen molar-refractivity contribution >= 4 is 5.69 Å². The molecule has 3 nitrogen and oxygen atoms in total. The molecule has 0 radical (unpaired) electrons. The fourth-order valence-corrected chi connectivity index (χ4v) is 3.76. The minimum absolute atomic E-state index is 0.230. The van der Waals surface area contributed by atoms with E-state index in [9.17, 15) is 0 Å². The minimum Gasteiger partial charge on any atom is -0.491 e. The molecule has 1 aromatic carbocycles. The second-order valence-corrected chi connectivity index (χ2v) is 6.78. The first kappa shape index (κ1) is 14.7. The van der Waals surface area contributed by atoms with E-state index in [-0.39, 0.29) is 6.10 Å². The van der Waals surface area contributed by atoms with Crippen LogP contribution in [0.25, 0.3) is 0 Å². The molecular weight excluding hydrogens is 260 g/mol. The zero-order valence-electron chi connectivity index (χ0n) is 13.6. The molecule has 116 valence electrons. The average Bonchev–Trinajstić information content (AvgIpc) is 2.85. The van der Waals surface area contributed by atoms with Crippen molar-refractivity contribution in [2.45, 2.75) is 64.6 Å². The summed E-state index contributed by atoms with van der Waals surface area (Å²) in [6.45, 7) is 8.86. The highest BCUT2D eigenvalue weighted by Crippen LogP contribution is 2.31. The Morgan fingerprint density at radius 3 is 2.81 bits per heavy atom. The number of benzene rings is 1. The largest absolute Gasteiger partial charge is 0.491 e. The van der Waals surface area contributed by atoms with Crippen molar-refractivity contribution in [2.24, 2.45) is 0 Å². The number of ether oxygens (including phenoxy) is 1. The Morgan fingerprint density at radius 1 is 1.19 bits per heavy atom. The van der Waals surface area contributed by atoms with Crippen molar-refractivity contribution in [3.63, 3.8) is 0 Å². The molecule has 1 aromatic rings. The number of hydrogen-bond acceptors (Lipinski definition) is 3. The van der Waals surface area contributed by atoms with E-state index in [4.69, 9.17) is 4.74 Å². The monoisotopic (exact) mass is 288 g/mol. The van der Waals surface area contributed by atoms with Crippen LogP contribution in [0, 0.1) is 6.92 Å². The Morgan fingerprint density at radius 2 is 2.05 bits per heavy atom. The van der Waals surface area contributed by atoms with Gasteiger partial charge in [-0.05, 0) is 70.3 Å². The number of hydrogen-bond donors (Lipinski definition) is 1. The predicted octanol–water partition coefficient (Wildman–Crippen LogP) is 3.82. The third-order valence-corrected chi connectivity index (χ3v) is 4.77. The van der Waals surface area contributed by atoms with Gasteiger partial charge in [-0.1, -0.05) is 6.42 Å². The molecule has 3 rings (SSSR count). The molecule has 0 aliphatic carbocycles. The third-order valence-electron chi connectivity index (χ3n) is 4.77. The molecule has 2 saturated heterocycles. The smallest absolute Gasteiger partial charge is 0.120 e. The maximum atomic E-state index is 5.77. The van der Waals surface area contributed by atoms with Gasteiger partial charge in [0, 0.05) is 24.3 Å². The summed E-state index contributed by atoms with van der Waals surface area (Å²) in [5.74, 6) is 0.971. The number of piperidine rings is 1. The van der Waals surface area contributed by atoms with E-state index in [1.165, 1.54) is 50.0 Å². The maximum absolute atomic E-state index is 5.77. The van der Waals surface area contributed by atoms with Crippen LogP contribution in [0.4, 0.5) is 5.69 Å². The van der Waals surface area contributed by atoms with Crippen LogP contribution >= 0.6 is 0 Å². The molecule has 21 heavy (non-hydrogen) atoms. The molecule has 3 heteroatoms. The van der Waals surface area contributed by atoms with E-state index in [0.29, 0.717) is 6.04 Å². The first-order valence-electron chi connectivity index (χ1n) is 8.41. The van der Waals surface area contributed by atoms with E-state index in [1.54, 1.807) is 0 Å². The second-order valence-electron chi connectivity index (χ2n) is 6.78. The van der Waals surface area contributed by atoms with Gasteiger partial charge in [-0.15, -0.1) is 0 Å². The Bertz CT molecular complexity index is 486. The van der Waals surface area contributed by atoms with Crippen LogP contribution in [0.3, 0.4) is 0 Å². The average molecular weight is 288 g/mol. The van der Waals surface area contributed by atoms with Crippen molar-refractivity contribution in [3.05, 3.63) is 23.8 Å². The van der Waals surface area contributed by atoms with Gasteiger partial charge in [-0.25, -0.2) is 0 Å². The molecular formula is C18H28N2O. The highest BCUT2D eigenvalue weighted by Gasteiger charge is 2.35. The van der Waals surface area contributed by atoms with Gasteiger partial charge in [0.1, 0.15) is 5.75 Å². The molecule has 2 aliphatic heterocycles. The van der Waals surface area contributed by atoms with E-state index < -0.39 is 0 Å². The summed E-state index contributed by atoms with van der Waals surface area (Å²) in [5, 5.41) is 3.79. The molecule has 2 aliphatic rings. The summed E-state index contributed by atoms with van der Waals surface area (Å²) in [7, 11) is 0. The maximum Gasteiger partial charge on any atom is 0.120 e.